The van der Waals surface area contributed by atoms with E-state index in [0.29, 0.717) is 6.42 Å². The Morgan fingerprint density at radius 1 is 1.12 bits per heavy atom. The number of carbonyl (C=O) groups is 2. The fraction of sp³-hybridized carbons (Fsp3) is 0.667. The largest absolute Gasteiger partial charge is 0.463 e. The molecule has 0 saturated carbocycles. The average molecular weight is 226 g/mol. The van der Waals surface area contributed by atoms with Crippen molar-refractivity contribution in [3.63, 3.8) is 0 Å². The molecule has 4 nitrogen and oxygen atoms in total. The topological polar surface area (TPSA) is 52.6 Å². The molecule has 0 aromatic carbocycles. The molecule has 0 bridgehead atoms. The monoisotopic (exact) mass is 226 g/mol. The molecule has 0 N–H and O–H groups in total. The van der Waals surface area contributed by atoms with Crippen molar-refractivity contribution in [3.05, 3.63) is 0 Å². The van der Waals surface area contributed by atoms with Crippen LogP contribution in [0.15, 0.2) is 0 Å². The highest BCUT2D eigenvalue weighted by Crippen LogP contribution is 2.03. The van der Waals surface area contributed by atoms with E-state index in [4.69, 9.17) is 15.9 Å². The van der Waals surface area contributed by atoms with Gasteiger partial charge < -0.3 is 9.47 Å². The molecule has 0 aromatic rings. The summed E-state index contributed by atoms with van der Waals surface area (Å²) < 4.78 is 9.75. The third-order valence-electron chi connectivity index (χ3n) is 1.67. The fourth-order valence-electron chi connectivity index (χ4n) is 0.989. The summed E-state index contributed by atoms with van der Waals surface area (Å²) in [5.41, 5.74) is 0. The van der Waals surface area contributed by atoms with E-state index in [0.717, 1.165) is 0 Å². The predicted molar refractivity (Wildman–Crippen MR) is 59.5 cm³/mol. The van der Waals surface area contributed by atoms with Crippen LogP contribution in [0.5, 0.6) is 0 Å². The zero-order chi connectivity index (χ0) is 12.6. The van der Waals surface area contributed by atoms with Gasteiger partial charge in [-0.2, -0.15) is 0 Å². The highest BCUT2D eigenvalue weighted by atomic mass is 16.5. The van der Waals surface area contributed by atoms with Crippen LogP contribution in [-0.2, 0) is 19.1 Å². The Morgan fingerprint density at radius 3 is 2.06 bits per heavy atom. The lowest BCUT2D eigenvalue weighted by atomic mass is 10.2. The lowest BCUT2D eigenvalue weighted by Gasteiger charge is -2.08. The second-order valence-electron chi connectivity index (χ2n) is 3.69. The van der Waals surface area contributed by atoms with E-state index in [1.165, 1.54) is 0 Å². The Morgan fingerprint density at radius 2 is 1.62 bits per heavy atom. The first-order valence-corrected chi connectivity index (χ1v) is 5.30. The van der Waals surface area contributed by atoms with Crippen molar-refractivity contribution in [3.8, 4) is 12.3 Å². The second-order valence-corrected chi connectivity index (χ2v) is 3.69. The van der Waals surface area contributed by atoms with Gasteiger partial charge in [-0.15, -0.1) is 6.42 Å². The maximum Gasteiger partial charge on any atom is 0.307 e. The summed E-state index contributed by atoms with van der Waals surface area (Å²) in [6.07, 6.45) is 5.23. The first-order valence-electron chi connectivity index (χ1n) is 5.30. The molecule has 0 rings (SSSR count). The van der Waals surface area contributed by atoms with Crippen molar-refractivity contribution in [1.29, 1.82) is 0 Å². The number of ether oxygens (including phenoxy) is 2. The standard InChI is InChI=1S/C12H18O4/c1-5-10(4)16-12(14)8-6-7-11(13)15-9(2)3/h1,9-10H,6-8H2,2-4H3. The molecule has 0 heterocycles. The lowest BCUT2D eigenvalue weighted by Crippen LogP contribution is -2.14. The highest BCUT2D eigenvalue weighted by Gasteiger charge is 2.10. The van der Waals surface area contributed by atoms with Crippen molar-refractivity contribution in [2.24, 2.45) is 0 Å². The van der Waals surface area contributed by atoms with Gasteiger partial charge in [0.1, 0.15) is 0 Å². The van der Waals surface area contributed by atoms with Gasteiger partial charge in [0.05, 0.1) is 6.10 Å². The van der Waals surface area contributed by atoms with E-state index in [1.807, 2.05) is 0 Å². The molecule has 0 fully saturated rings. The van der Waals surface area contributed by atoms with E-state index < -0.39 is 6.10 Å². The van der Waals surface area contributed by atoms with Gasteiger partial charge in [-0.1, -0.05) is 5.92 Å². The van der Waals surface area contributed by atoms with Gasteiger partial charge in [-0.25, -0.2) is 0 Å². The van der Waals surface area contributed by atoms with Crippen molar-refractivity contribution in [2.45, 2.75) is 52.2 Å². The van der Waals surface area contributed by atoms with E-state index >= 15 is 0 Å². The number of esters is 2. The molecular formula is C12H18O4. The molecule has 0 spiro atoms. The molecule has 0 radical (unpaired) electrons. The second kappa shape index (κ2) is 7.75. The Labute approximate surface area is 96.3 Å². The zero-order valence-electron chi connectivity index (χ0n) is 9.99. The number of hydrogen-bond donors (Lipinski definition) is 0. The van der Waals surface area contributed by atoms with Crippen LogP contribution >= 0.6 is 0 Å². The summed E-state index contributed by atoms with van der Waals surface area (Å²) >= 11 is 0. The van der Waals surface area contributed by atoms with Crippen molar-refractivity contribution < 1.29 is 19.1 Å². The summed E-state index contributed by atoms with van der Waals surface area (Å²) in [6, 6.07) is 0. The van der Waals surface area contributed by atoms with Gasteiger partial charge >= 0.3 is 11.9 Å². The molecule has 1 unspecified atom stereocenters. The molecule has 0 aliphatic heterocycles. The van der Waals surface area contributed by atoms with Crippen LogP contribution in [-0.4, -0.2) is 24.1 Å². The molecule has 16 heavy (non-hydrogen) atoms. The maximum atomic E-state index is 11.1. The van der Waals surface area contributed by atoms with Crippen LogP contribution in [0.3, 0.4) is 0 Å². The maximum absolute atomic E-state index is 11.1. The molecule has 0 aliphatic rings. The Hall–Kier alpha value is -1.50. The van der Waals surface area contributed by atoms with Gasteiger partial charge in [0.2, 0.25) is 0 Å². The minimum Gasteiger partial charge on any atom is -0.463 e. The van der Waals surface area contributed by atoms with Crippen molar-refractivity contribution in [2.75, 3.05) is 0 Å². The number of terminal acetylenes is 1. The average Bonchev–Trinajstić information content (AvgIpc) is 2.16. The number of rotatable bonds is 6. The summed E-state index contributed by atoms with van der Waals surface area (Å²) in [6.45, 7) is 5.17. The number of carbonyl (C=O) groups excluding carboxylic acids is 2. The van der Waals surface area contributed by atoms with Gasteiger partial charge in [0.15, 0.2) is 6.10 Å². The summed E-state index contributed by atoms with van der Waals surface area (Å²) in [4.78, 5) is 22.3. The first kappa shape index (κ1) is 14.5. The van der Waals surface area contributed by atoms with Gasteiger partial charge in [0.25, 0.3) is 0 Å². The van der Waals surface area contributed by atoms with Crippen molar-refractivity contribution in [1.82, 2.24) is 0 Å². The highest BCUT2D eigenvalue weighted by molar-refractivity contribution is 5.72. The van der Waals surface area contributed by atoms with Crippen LogP contribution in [0.2, 0.25) is 0 Å². The van der Waals surface area contributed by atoms with Crippen LogP contribution in [0.25, 0.3) is 0 Å². The van der Waals surface area contributed by atoms with Crippen molar-refractivity contribution >= 4 is 11.9 Å². The molecular weight excluding hydrogens is 208 g/mol. The zero-order valence-corrected chi connectivity index (χ0v) is 9.99. The molecule has 0 aromatic heterocycles. The molecule has 0 amide bonds. The summed E-state index contributed by atoms with van der Waals surface area (Å²) in [5.74, 6) is 1.60. The normalized spacial score (nSPS) is 11.7. The van der Waals surface area contributed by atoms with E-state index in [2.05, 4.69) is 5.92 Å². The summed E-state index contributed by atoms with van der Waals surface area (Å²) in [7, 11) is 0. The molecule has 90 valence electrons. The Kier molecular flexibility index (Phi) is 7.02. The number of hydrogen-bond acceptors (Lipinski definition) is 4. The molecule has 0 aliphatic carbocycles. The molecule has 1 atom stereocenters. The smallest absolute Gasteiger partial charge is 0.307 e. The first-order chi connectivity index (χ1) is 7.45. The van der Waals surface area contributed by atoms with Crippen LogP contribution in [0, 0.1) is 12.3 Å². The minimum atomic E-state index is -0.518. The van der Waals surface area contributed by atoms with Crippen LogP contribution < -0.4 is 0 Å². The van der Waals surface area contributed by atoms with E-state index in [9.17, 15) is 9.59 Å². The van der Waals surface area contributed by atoms with E-state index in [-0.39, 0.29) is 30.9 Å². The van der Waals surface area contributed by atoms with Crippen LogP contribution in [0.4, 0.5) is 0 Å². The van der Waals surface area contributed by atoms with Crippen LogP contribution in [0.1, 0.15) is 40.0 Å². The fourth-order valence-corrected chi connectivity index (χ4v) is 0.989. The SMILES string of the molecule is C#CC(C)OC(=O)CCCC(=O)OC(C)C. The third kappa shape index (κ3) is 7.86. The van der Waals surface area contributed by atoms with E-state index in [1.54, 1.807) is 20.8 Å². The molecule has 0 saturated heterocycles. The lowest BCUT2D eigenvalue weighted by molar-refractivity contribution is -0.148. The van der Waals surface area contributed by atoms with Gasteiger partial charge in [-0.05, 0) is 27.2 Å². The van der Waals surface area contributed by atoms with Gasteiger partial charge in [-0.3, -0.25) is 9.59 Å². The minimum absolute atomic E-state index is 0.124. The molecule has 4 heteroatoms. The predicted octanol–water partition coefficient (Wildman–Crippen LogP) is 1.67. The quantitative estimate of drug-likeness (QED) is 0.510. The third-order valence-corrected chi connectivity index (χ3v) is 1.67. The Bertz CT molecular complexity index is 275. The summed E-state index contributed by atoms with van der Waals surface area (Å²) in [5, 5.41) is 0. The Balaban J connectivity index is 3.63. The van der Waals surface area contributed by atoms with Gasteiger partial charge in [0, 0.05) is 12.8 Å².